The zero-order valence-electron chi connectivity index (χ0n) is 48.5. The van der Waals surface area contributed by atoms with E-state index >= 15 is 0 Å². The van der Waals surface area contributed by atoms with E-state index in [0.717, 1.165) is 22.7 Å². The first-order chi connectivity index (χ1) is 44.7. The molecule has 0 aliphatic rings. The minimum Gasteiger partial charge on any atom is -0.309 e. The molecule has 6 heterocycles. The third kappa shape index (κ3) is 6.89. The summed E-state index contributed by atoms with van der Waals surface area (Å²) in [7, 11) is 0. The summed E-state index contributed by atoms with van der Waals surface area (Å²) in [5, 5.41) is 15.1. The lowest BCUT2D eigenvalue weighted by molar-refractivity contribution is 1.30. The van der Waals surface area contributed by atoms with E-state index in [9.17, 15) is 0 Å². The summed E-state index contributed by atoms with van der Waals surface area (Å²) in [5.74, 6) is 0. The van der Waals surface area contributed by atoms with Gasteiger partial charge in [-0.3, -0.25) is 0 Å². The summed E-state index contributed by atoms with van der Waals surface area (Å²) in [6.45, 7) is 0. The molecule has 0 saturated heterocycles. The van der Waals surface area contributed by atoms with Crippen LogP contribution in [0.15, 0.2) is 303 Å². The molecule has 0 atom stereocenters. The third-order valence-corrected chi connectivity index (χ3v) is 21.5. The van der Waals surface area contributed by atoms with Crippen molar-refractivity contribution in [1.29, 1.82) is 0 Å². The molecule has 20 rings (SSSR count). The van der Waals surface area contributed by atoms with Crippen molar-refractivity contribution >= 4 is 173 Å². The van der Waals surface area contributed by atoms with Gasteiger partial charge in [-0.05, 0) is 101 Å². The zero-order chi connectivity index (χ0) is 58.7. The Morgan fingerprint density at radius 2 is 0.611 bits per heavy atom. The molecule has 4 nitrogen and oxygen atoms in total. The van der Waals surface area contributed by atoms with Crippen molar-refractivity contribution in [2.24, 2.45) is 0 Å². The first-order valence-corrected chi connectivity index (χ1v) is 32.5. The number of rotatable bonds is 9. The Morgan fingerprint density at radius 3 is 1.16 bits per heavy atom. The highest BCUT2D eigenvalue weighted by molar-refractivity contribution is 7.26. The van der Waals surface area contributed by atoms with Gasteiger partial charge in [0, 0.05) is 102 Å². The maximum absolute atomic E-state index is 2.65. The lowest BCUT2D eigenvalue weighted by atomic mass is 9.89. The fraction of sp³-hybridized carbons (Fsp3) is 0. The molecular weight excluding hydrogens is 1130 g/mol. The summed E-state index contributed by atoms with van der Waals surface area (Å²) >= 11 is 3.75. The number of thiophene rings is 2. The van der Waals surface area contributed by atoms with Gasteiger partial charge in [0.15, 0.2) is 0 Å². The molecule has 14 aromatic carbocycles. The van der Waals surface area contributed by atoms with Gasteiger partial charge < -0.3 is 18.6 Å². The average Bonchev–Trinajstić information content (AvgIpc) is 1.51. The molecule has 0 radical (unpaired) electrons. The molecule has 6 aromatic heterocycles. The number of para-hydroxylation sites is 4. The van der Waals surface area contributed by atoms with E-state index in [2.05, 4.69) is 322 Å². The molecule has 0 spiro atoms. The molecule has 20 aromatic rings. The number of benzene rings is 14. The topological polar surface area (TPSA) is 15.3 Å². The Kier molecular flexibility index (Phi) is 10.6. The summed E-state index contributed by atoms with van der Waals surface area (Å²) in [5.41, 5.74) is 21.4. The van der Waals surface area contributed by atoms with E-state index in [1.807, 2.05) is 22.7 Å². The van der Waals surface area contributed by atoms with Crippen molar-refractivity contribution in [3.8, 4) is 33.4 Å². The molecule has 0 bridgehead atoms. The Balaban J connectivity index is 0.858. The number of nitrogens with zero attached hydrogens (tertiary/aromatic N) is 4. The lowest BCUT2D eigenvalue weighted by Gasteiger charge is -2.27. The molecular formula is C84H50N4S2. The van der Waals surface area contributed by atoms with E-state index < -0.39 is 0 Å². The molecule has 0 N–H and O–H groups in total. The molecule has 90 heavy (non-hydrogen) atoms. The highest BCUT2D eigenvalue weighted by Crippen LogP contribution is 2.57. The second-order valence-corrected chi connectivity index (χ2v) is 25.9. The van der Waals surface area contributed by atoms with Crippen molar-refractivity contribution in [3.63, 3.8) is 0 Å². The van der Waals surface area contributed by atoms with Gasteiger partial charge in [-0.15, -0.1) is 22.7 Å². The molecule has 0 saturated carbocycles. The summed E-state index contributed by atoms with van der Waals surface area (Å²) in [4.78, 5) is 4.94. The molecule has 0 unspecified atom stereocenters. The van der Waals surface area contributed by atoms with Crippen molar-refractivity contribution in [1.82, 2.24) is 8.80 Å². The van der Waals surface area contributed by atoms with E-state index in [1.54, 1.807) is 0 Å². The van der Waals surface area contributed by atoms with Crippen LogP contribution in [0.25, 0.3) is 150 Å². The largest absolute Gasteiger partial charge is 0.309 e. The summed E-state index contributed by atoms with van der Waals surface area (Å²) in [6, 6.07) is 113. The zero-order valence-corrected chi connectivity index (χ0v) is 50.1. The van der Waals surface area contributed by atoms with E-state index in [0.29, 0.717) is 0 Å². The quantitative estimate of drug-likeness (QED) is 0.143. The molecule has 6 heteroatoms. The SMILES string of the molecule is c1ccc(-c2c3c4cccc5c6c(-c7ccc(N(c8ccccc8)c8cccc9c8sc8ccccc89)cc7)cccc6n(c3c(-c3ccccc3)c3c6cccc7c8c(N(c9ccccc9)c9cccc%10c9sc9ccccc9%10)cccc8n(c23)c76)c54)cc1. The fourth-order valence-corrected chi connectivity index (χ4v) is 18.0. The number of hydrogen-bond acceptors (Lipinski definition) is 4. The summed E-state index contributed by atoms with van der Waals surface area (Å²) in [6.07, 6.45) is 0. The minimum atomic E-state index is 1.11. The number of aromatic nitrogens is 2. The summed E-state index contributed by atoms with van der Waals surface area (Å²) < 4.78 is 10.4. The second-order valence-electron chi connectivity index (χ2n) is 23.8. The van der Waals surface area contributed by atoms with Crippen molar-refractivity contribution < 1.29 is 0 Å². The van der Waals surface area contributed by atoms with Gasteiger partial charge in [-0.1, -0.05) is 224 Å². The lowest BCUT2D eigenvalue weighted by Crippen LogP contribution is -2.10. The predicted octanol–water partition coefficient (Wildman–Crippen LogP) is 24.7. The maximum atomic E-state index is 2.65. The maximum Gasteiger partial charge on any atom is 0.0640 e. The van der Waals surface area contributed by atoms with Gasteiger partial charge in [0.05, 0.1) is 59.6 Å². The minimum absolute atomic E-state index is 1.11. The Bertz CT molecular complexity index is 6260. The van der Waals surface area contributed by atoms with Crippen LogP contribution >= 0.6 is 22.7 Å². The first kappa shape index (κ1) is 49.8. The number of anilines is 6. The third-order valence-electron chi connectivity index (χ3n) is 19.1. The number of hydrogen-bond donors (Lipinski definition) is 0. The Labute approximate surface area is 525 Å². The van der Waals surface area contributed by atoms with Crippen LogP contribution in [0.4, 0.5) is 34.1 Å². The highest BCUT2D eigenvalue weighted by atomic mass is 32.1. The van der Waals surface area contributed by atoms with Gasteiger partial charge in [-0.25, -0.2) is 0 Å². The van der Waals surface area contributed by atoms with Gasteiger partial charge in [-0.2, -0.15) is 0 Å². The van der Waals surface area contributed by atoms with Gasteiger partial charge in [0.1, 0.15) is 0 Å². The van der Waals surface area contributed by atoms with E-state index in [1.165, 1.54) is 161 Å². The van der Waals surface area contributed by atoms with Crippen LogP contribution in [0.1, 0.15) is 0 Å². The van der Waals surface area contributed by atoms with Gasteiger partial charge in [0.25, 0.3) is 0 Å². The average molecular weight is 1180 g/mol. The molecule has 418 valence electrons. The van der Waals surface area contributed by atoms with Crippen LogP contribution in [-0.2, 0) is 0 Å². The smallest absolute Gasteiger partial charge is 0.0640 e. The van der Waals surface area contributed by atoms with Gasteiger partial charge in [0.2, 0.25) is 0 Å². The monoisotopic (exact) mass is 1180 g/mol. The van der Waals surface area contributed by atoms with Gasteiger partial charge >= 0.3 is 0 Å². The van der Waals surface area contributed by atoms with Crippen LogP contribution in [0.2, 0.25) is 0 Å². The van der Waals surface area contributed by atoms with E-state index in [4.69, 9.17) is 0 Å². The molecule has 0 amide bonds. The molecule has 0 fully saturated rings. The normalized spacial score (nSPS) is 12.2. The van der Waals surface area contributed by atoms with Crippen LogP contribution in [0, 0.1) is 0 Å². The Morgan fingerprint density at radius 1 is 0.233 bits per heavy atom. The van der Waals surface area contributed by atoms with E-state index in [-0.39, 0.29) is 0 Å². The van der Waals surface area contributed by atoms with Crippen molar-refractivity contribution in [3.05, 3.63) is 303 Å². The van der Waals surface area contributed by atoms with Crippen LogP contribution in [0.3, 0.4) is 0 Å². The van der Waals surface area contributed by atoms with Crippen LogP contribution in [-0.4, -0.2) is 8.80 Å². The van der Waals surface area contributed by atoms with Crippen molar-refractivity contribution in [2.75, 3.05) is 9.80 Å². The first-order valence-electron chi connectivity index (χ1n) is 30.8. The highest BCUT2D eigenvalue weighted by Gasteiger charge is 2.32. The predicted molar refractivity (Wildman–Crippen MR) is 387 cm³/mol. The number of fused-ring (bicyclic) bond motifs is 18. The second kappa shape index (κ2) is 19.1. The molecule has 0 aliphatic heterocycles. The molecule has 0 aliphatic carbocycles. The van der Waals surface area contributed by atoms with Crippen LogP contribution in [0.5, 0.6) is 0 Å². The fourth-order valence-electron chi connectivity index (χ4n) is 15.6. The standard InChI is InChI=1S/C84H50N4S2/c1-5-23-52(24-6-1)73-78-65-39-18-37-63-76-67(86(55-29-11-4-12-30-55)70-44-21-35-61-59-32-14-16-46-72(59)90-84(61)70)41-22-42-68(76)88(80(63)65)82(78)74(53-25-7-2-8-26-53)77-64-38-17-36-62-75-57(33-19-40-66(75)87(79(62)64)81(73)77)51-47-49-56(50-48-51)85(54-27-9-3-10-28-54)69-43-20-34-60-58-31-13-15-45-71(58)89-83(60)69/h1-50H. The van der Waals surface area contributed by atoms with Crippen LogP contribution < -0.4 is 9.80 Å². The van der Waals surface area contributed by atoms with Crippen molar-refractivity contribution in [2.45, 2.75) is 0 Å². The Hall–Kier alpha value is -11.3.